The molecule has 0 saturated carbocycles. The maximum absolute atomic E-state index is 8.69. The molecule has 0 unspecified atom stereocenters. The molecule has 0 spiro atoms. The average molecular weight is 310 g/mol. The summed E-state index contributed by atoms with van der Waals surface area (Å²) in [4.78, 5) is 4.67. The molecule has 3 nitrogen and oxygen atoms in total. The van der Waals surface area contributed by atoms with E-state index in [2.05, 4.69) is 22.5 Å². The first kappa shape index (κ1) is 15.2. The lowest BCUT2D eigenvalue weighted by Crippen LogP contribution is -2.04. The number of hydrogen-bond donors (Lipinski definition) is 0. The van der Waals surface area contributed by atoms with Gasteiger partial charge >= 0.3 is 0 Å². The number of aryl methyl sites for hydroxylation is 2. The molecule has 1 heterocycles. The summed E-state index contributed by atoms with van der Waals surface area (Å²) in [7, 11) is 0. The van der Waals surface area contributed by atoms with Crippen LogP contribution in [0, 0.1) is 11.3 Å². The summed E-state index contributed by atoms with van der Waals surface area (Å²) in [5.41, 5.74) is 1.88. The van der Waals surface area contributed by atoms with Crippen LogP contribution in [0.5, 0.6) is 0 Å². The van der Waals surface area contributed by atoms with E-state index in [-0.39, 0.29) is 0 Å². The van der Waals surface area contributed by atoms with Crippen LogP contribution in [0.25, 0.3) is 11.0 Å². The zero-order valence-corrected chi connectivity index (χ0v) is 13.0. The Morgan fingerprint density at radius 1 is 1.25 bits per heavy atom. The van der Waals surface area contributed by atoms with E-state index in [1.165, 1.54) is 0 Å². The van der Waals surface area contributed by atoms with Crippen LogP contribution in [0.1, 0.15) is 38.4 Å². The van der Waals surface area contributed by atoms with E-state index >= 15 is 0 Å². The Labute approximate surface area is 129 Å². The minimum absolute atomic E-state index is 0.530. The van der Waals surface area contributed by atoms with Crippen molar-refractivity contribution < 1.29 is 0 Å². The Kier molecular flexibility index (Phi) is 5.28. The second kappa shape index (κ2) is 6.97. The number of halogens is 2. The molecule has 0 amide bonds. The number of benzene rings is 1. The topological polar surface area (TPSA) is 41.6 Å². The summed E-state index contributed by atoms with van der Waals surface area (Å²) in [6.45, 7) is 2.96. The van der Waals surface area contributed by atoms with Gasteiger partial charge in [-0.2, -0.15) is 5.26 Å². The smallest absolute Gasteiger partial charge is 0.109 e. The first-order chi connectivity index (χ1) is 9.67. The summed E-state index contributed by atoms with van der Waals surface area (Å²) < 4.78 is 2.17. The number of unbranched alkanes of at least 4 members (excludes halogenated alkanes) is 2. The van der Waals surface area contributed by atoms with Gasteiger partial charge in [-0.15, -0.1) is 0 Å². The molecule has 1 aromatic heterocycles. The van der Waals surface area contributed by atoms with Crippen molar-refractivity contribution in [3.05, 3.63) is 28.0 Å². The highest BCUT2D eigenvalue weighted by Gasteiger charge is 2.12. The predicted molar refractivity (Wildman–Crippen MR) is 83.2 cm³/mol. The molecule has 0 aliphatic heterocycles. The molecule has 0 aliphatic rings. The van der Waals surface area contributed by atoms with E-state index in [9.17, 15) is 0 Å². The highest BCUT2D eigenvalue weighted by atomic mass is 35.5. The third-order valence-electron chi connectivity index (χ3n) is 3.29. The van der Waals surface area contributed by atoms with Gasteiger partial charge in [0.25, 0.3) is 0 Å². The SMILES string of the molecule is CCCCc1nc2cc(Cl)c(Cl)cc2n1CCCC#N. The van der Waals surface area contributed by atoms with E-state index in [0.29, 0.717) is 16.5 Å². The van der Waals surface area contributed by atoms with Gasteiger partial charge in [0.1, 0.15) is 5.82 Å². The molecular formula is C15H17Cl2N3. The second-order valence-corrected chi connectivity index (χ2v) is 5.61. The van der Waals surface area contributed by atoms with Crippen LogP contribution in [-0.4, -0.2) is 9.55 Å². The molecule has 0 fully saturated rings. The third kappa shape index (κ3) is 3.26. The summed E-state index contributed by atoms with van der Waals surface area (Å²) in [5, 5.41) is 9.76. The molecule has 0 bridgehead atoms. The van der Waals surface area contributed by atoms with Gasteiger partial charge in [-0.1, -0.05) is 36.5 Å². The van der Waals surface area contributed by atoms with E-state index in [1.54, 1.807) is 0 Å². The Bertz CT molecular complexity index is 641. The fraction of sp³-hybridized carbons (Fsp3) is 0.467. The monoisotopic (exact) mass is 309 g/mol. The number of nitriles is 1. The van der Waals surface area contributed by atoms with Gasteiger partial charge in [-0.05, 0) is 25.0 Å². The van der Waals surface area contributed by atoms with Gasteiger partial charge in [0, 0.05) is 19.4 Å². The standard InChI is InChI=1S/C15H17Cl2N3/c1-2-3-6-15-19-13-9-11(16)12(17)10-14(13)20(15)8-5-4-7-18/h9-10H,2-6,8H2,1H3. The van der Waals surface area contributed by atoms with Crippen molar-refractivity contribution in [3.8, 4) is 6.07 Å². The predicted octanol–water partition coefficient (Wildman–Crippen LogP) is 4.99. The number of nitrogens with zero attached hydrogens (tertiary/aromatic N) is 3. The fourth-order valence-corrected chi connectivity index (χ4v) is 2.58. The minimum Gasteiger partial charge on any atom is -0.328 e. The molecule has 0 saturated heterocycles. The number of hydrogen-bond acceptors (Lipinski definition) is 2. The first-order valence-electron chi connectivity index (χ1n) is 6.88. The van der Waals surface area contributed by atoms with Crippen molar-refractivity contribution in [1.29, 1.82) is 5.26 Å². The summed E-state index contributed by atoms with van der Waals surface area (Å²) >= 11 is 12.2. The van der Waals surface area contributed by atoms with Crippen LogP contribution >= 0.6 is 23.2 Å². The van der Waals surface area contributed by atoms with Gasteiger partial charge < -0.3 is 4.57 Å². The van der Waals surface area contributed by atoms with Crippen molar-refractivity contribution in [2.75, 3.05) is 0 Å². The highest BCUT2D eigenvalue weighted by molar-refractivity contribution is 6.42. The minimum atomic E-state index is 0.530. The Hall–Kier alpha value is -1.24. The molecule has 0 atom stereocenters. The number of imidazole rings is 1. The third-order valence-corrected chi connectivity index (χ3v) is 4.02. The van der Waals surface area contributed by atoms with Gasteiger partial charge in [-0.25, -0.2) is 4.98 Å². The van der Waals surface area contributed by atoms with Crippen LogP contribution in [0.15, 0.2) is 12.1 Å². The van der Waals surface area contributed by atoms with Gasteiger partial charge in [0.15, 0.2) is 0 Å². The lowest BCUT2D eigenvalue weighted by atomic mass is 10.2. The normalized spacial score (nSPS) is 10.9. The lowest BCUT2D eigenvalue weighted by molar-refractivity contribution is 0.618. The highest BCUT2D eigenvalue weighted by Crippen LogP contribution is 2.29. The van der Waals surface area contributed by atoms with Crippen LogP contribution in [-0.2, 0) is 13.0 Å². The van der Waals surface area contributed by atoms with E-state index in [4.69, 9.17) is 28.5 Å². The van der Waals surface area contributed by atoms with Crippen LogP contribution in [0.3, 0.4) is 0 Å². The molecule has 1 aromatic carbocycles. The van der Waals surface area contributed by atoms with Crippen molar-refractivity contribution in [2.45, 2.75) is 45.6 Å². The van der Waals surface area contributed by atoms with E-state index in [1.807, 2.05) is 12.1 Å². The summed E-state index contributed by atoms with van der Waals surface area (Å²) in [6.07, 6.45) is 4.54. The summed E-state index contributed by atoms with van der Waals surface area (Å²) in [5.74, 6) is 1.05. The van der Waals surface area contributed by atoms with Crippen LogP contribution in [0.2, 0.25) is 10.0 Å². The average Bonchev–Trinajstić information content (AvgIpc) is 2.75. The maximum Gasteiger partial charge on any atom is 0.109 e. The lowest BCUT2D eigenvalue weighted by Gasteiger charge is -2.08. The molecule has 2 aromatic rings. The van der Waals surface area contributed by atoms with Gasteiger partial charge in [0.05, 0.1) is 27.1 Å². The molecule has 2 rings (SSSR count). The number of fused-ring (bicyclic) bond motifs is 1. The number of rotatable bonds is 6. The largest absolute Gasteiger partial charge is 0.328 e. The van der Waals surface area contributed by atoms with Crippen LogP contribution < -0.4 is 0 Å². The first-order valence-corrected chi connectivity index (χ1v) is 7.64. The summed E-state index contributed by atoms with van der Waals surface area (Å²) in [6, 6.07) is 5.86. The zero-order chi connectivity index (χ0) is 14.5. The Morgan fingerprint density at radius 3 is 2.70 bits per heavy atom. The van der Waals surface area contributed by atoms with Gasteiger partial charge in [-0.3, -0.25) is 0 Å². The maximum atomic E-state index is 8.69. The molecular weight excluding hydrogens is 293 g/mol. The van der Waals surface area contributed by atoms with Crippen molar-refractivity contribution in [2.24, 2.45) is 0 Å². The Morgan fingerprint density at radius 2 is 2.00 bits per heavy atom. The zero-order valence-electron chi connectivity index (χ0n) is 11.5. The Balaban J connectivity index is 2.41. The second-order valence-electron chi connectivity index (χ2n) is 4.80. The van der Waals surface area contributed by atoms with Crippen molar-refractivity contribution in [1.82, 2.24) is 9.55 Å². The molecule has 5 heteroatoms. The van der Waals surface area contributed by atoms with Crippen molar-refractivity contribution in [3.63, 3.8) is 0 Å². The van der Waals surface area contributed by atoms with Crippen LogP contribution in [0.4, 0.5) is 0 Å². The fourth-order valence-electron chi connectivity index (χ4n) is 2.26. The number of aromatic nitrogens is 2. The van der Waals surface area contributed by atoms with E-state index in [0.717, 1.165) is 49.1 Å². The van der Waals surface area contributed by atoms with Crippen molar-refractivity contribution >= 4 is 34.2 Å². The quantitative estimate of drug-likeness (QED) is 0.705. The van der Waals surface area contributed by atoms with Gasteiger partial charge in [0.2, 0.25) is 0 Å². The molecule has 0 radical (unpaired) electrons. The molecule has 0 N–H and O–H groups in total. The van der Waals surface area contributed by atoms with E-state index < -0.39 is 0 Å². The molecule has 106 valence electrons. The molecule has 20 heavy (non-hydrogen) atoms. The molecule has 0 aliphatic carbocycles.